The highest BCUT2D eigenvalue weighted by Crippen LogP contribution is 2.37. The van der Waals surface area contributed by atoms with Gasteiger partial charge in [-0.05, 0) is 94.6 Å². The molecule has 0 bridgehead atoms. The van der Waals surface area contributed by atoms with Gasteiger partial charge in [0, 0.05) is 36.0 Å². The monoisotopic (exact) mass is 542 g/mol. The molecule has 1 aliphatic heterocycles. The quantitative estimate of drug-likeness (QED) is 0.354. The highest BCUT2D eigenvalue weighted by atomic mass is 35.5. The number of halogens is 3. The summed E-state index contributed by atoms with van der Waals surface area (Å²) >= 11 is 19.0. The van der Waals surface area contributed by atoms with Gasteiger partial charge in [0.2, 0.25) is 5.91 Å². The highest BCUT2D eigenvalue weighted by molar-refractivity contribution is 6.37. The minimum absolute atomic E-state index is 0.101. The smallest absolute Gasteiger partial charge is 0.220 e. The summed E-state index contributed by atoms with van der Waals surface area (Å²) in [6.45, 7) is 2.70. The molecule has 7 heteroatoms. The van der Waals surface area contributed by atoms with Gasteiger partial charge in [0.25, 0.3) is 0 Å². The molecule has 3 unspecified atom stereocenters. The van der Waals surface area contributed by atoms with Crippen molar-refractivity contribution in [3.8, 4) is 0 Å². The molecule has 1 saturated heterocycles. The van der Waals surface area contributed by atoms with Crippen LogP contribution in [-0.4, -0.2) is 57.9 Å². The largest absolute Gasteiger partial charge is 0.385 e. The van der Waals surface area contributed by atoms with Gasteiger partial charge in [-0.2, -0.15) is 0 Å². The average Bonchev–Trinajstić information content (AvgIpc) is 2.86. The van der Waals surface area contributed by atoms with E-state index in [4.69, 9.17) is 34.8 Å². The van der Waals surface area contributed by atoms with Gasteiger partial charge in [-0.15, -0.1) is 23.2 Å². The van der Waals surface area contributed by atoms with Crippen LogP contribution < -0.4 is 5.32 Å². The van der Waals surface area contributed by atoms with Crippen molar-refractivity contribution in [2.45, 2.75) is 99.4 Å². The second kappa shape index (κ2) is 12.8. The first kappa shape index (κ1) is 27.5. The highest BCUT2D eigenvalue weighted by Gasteiger charge is 2.36. The van der Waals surface area contributed by atoms with Crippen molar-refractivity contribution in [2.24, 2.45) is 11.8 Å². The fourth-order valence-electron chi connectivity index (χ4n) is 6.17. The summed E-state index contributed by atoms with van der Waals surface area (Å²) in [5.74, 6) is 0.665. The molecule has 2 N–H and O–H groups in total. The fraction of sp³-hybridized carbons (Fsp3) is 0.750. The number of alkyl halides is 2. The Morgan fingerprint density at radius 2 is 1.86 bits per heavy atom. The molecule has 0 spiro atoms. The van der Waals surface area contributed by atoms with Crippen LogP contribution in [0.2, 0.25) is 0 Å². The van der Waals surface area contributed by atoms with Crippen molar-refractivity contribution >= 4 is 40.7 Å². The second-order valence-electron chi connectivity index (χ2n) is 11.0. The Morgan fingerprint density at radius 1 is 1.11 bits per heavy atom. The van der Waals surface area contributed by atoms with Gasteiger partial charge in [-0.3, -0.25) is 4.79 Å². The van der Waals surface area contributed by atoms with Crippen molar-refractivity contribution in [2.75, 3.05) is 19.6 Å². The van der Waals surface area contributed by atoms with Crippen LogP contribution in [0.15, 0.2) is 34.9 Å². The summed E-state index contributed by atoms with van der Waals surface area (Å²) in [5, 5.41) is 15.4. The maximum Gasteiger partial charge on any atom is 0.220 e. The van der Waals surface area contributed by atoms with E-state index in [0.29, 0.717) is 6.42 Å². The number of rotatable bonds is 8. The van der Waals surface area contributed by atoms with Crippen LogP contribution in [0.3, 0.4) is 0 Å². The summed E-state index contributed by atoms with van der Waals surface area (Å²) in [5.41, 5.74) is 0.405. The third-order valence-electron chi connectivity index (χ3n) is 8.53. The molecule has 1 heterocycles. The Kier molecular flexibility index (Phi) is 10.1. The van der Waals surface area contributed by atoms with Gasteiger partial charge in [0.1, 0.15) is 0 Å². The average molecular weight is 544 g/mol. The number of aliphatic hydroxyl groups is 1. The van der Waals surface area contributed by atoms with Crippen LogP contribution in [-0.2, 0) is 4.79 Å². The zero-order valence-corrected chi connectivity index (χ0v) is 23.0. The zero-order chi connectivity index (χ0) is 24.8. The topological polar surface area (TPSA) is 52.6 Å². The molecule has 0 aromatic rings. The number of hydrogen-bond acceptors (Lipinski definition) is 3. The van der Waals surface area contributed by atoms with Gasteiger partial charge >= 0.3 is 0 Å². The standard InChI is InChI=1S/C28H41Cl3N2O2/c29-23-7-9-24(10-8-23)32-27(34)19-21(20-6-11-25(30)26(31)18-20)12-15-33-16-13-28(35,14-17-33)22-4-2-1-3-5-22/h2,4-5,18,20-21,23-25,35H,1,3,6-17,19H2,(H,32,34). The number of carbonyl (C=O) groups is 1. The minimum Gasteiger partial charge on any atom is -0.385 e. The van der Waals surface area contributed by atoms with Gasteiger partial charge in [-0.25, -0.2) is 0 Å². The molecular weight excluding hydrogens is 503 g/mol. The van der Waals surface area contributed by atoms with E-state index in [1.165, 1.54) is 0 Å². The normalized spacial score (nSPS) is 32.5. The van der Waals surface area contributed by atoms with E-state index in [0.717, 1.165) is 101 Å². The van der Waals surface area contributed by atoms with Crippen LogP contribution >= 0.6 is 34.8 Å². The lowest BCUT2D eigenvalue weighted by Crippen LogP contribution is -2.46. The number of allylic oxidation sites excluding steroid dienone is 4. The molecule has 0 aromatic heterocycles. The van der Waals surface area contributed by atoms with Gasteiger partial charge < -0.3 is 15.3 Å². The summed E-state index contributed by atoms with van der Waals surface area (Å²) in [6, 6.07) is 0.249. The van der Waals surface area contributed by atoms with Crippen LogP contribution in [0, 0.1) is 11.8 Å². The lowest BCUT2D eigenvalue weighted by Gasteiger charge is -2.40. The SMILES string of the molecule is O=C(CC(CCN1CCC(O)(C2=CCCC=C2)CC1)C1C=C(Cl)C(Cl)CC1)NC1CCC(Cl)CC1. The van der Waals surface area contributed by atoms with E-state index in [1.807, 2.05) is 0 Å². The Balaban J connectivity index is 1.32. The zero-order valence-electron chi connectivity index (χ0n) is 20.7. The van der Waals surface area contributed by atoms with Crippen LogP contribution in [0.5, 0.6) is 0 Å². The molecular formula is C28H41Cl3N2O2. The molecule has 1 amide bonds. The number of hydrogen-bond donors (Lipinski definition) is 2. The Morgan fingerprint density at radius 3 is 2.51 bits per heavy atom. The van der Waals surface area contributed by atoms with Gasteiger partial charge in [0.05, 0.1) is 11.0 Å². The van der Waals surface area contributed by atoms with E-state index in [2.05, 4.69) is 34.5 Å². The van der Waals surface area contributed by atoms with Gasteiger partial charge in [0.15, 0.2) is 0 Å². The number of likely N-dealkylation sites (tertiary alicyclic amines) is 1. The van der Waals surface area contributed by atoms with Crippen LogP contribution in [0.4, 0.5) is 0 Å². The lowest BCUT2D eigenvalue weighted by molar-refractivity contribution is -0.123. The molecule has 0 radical (unpaired) electrons. The van der Waals surface area contributed by atoms with Crippen molar-refractivity contribution in [1.82, 2.24) is 10.2 Å². The maximum atomic E-state index is 13.0. The molecule has 3 atom stereocenters. The van der Waals surface area contributed by atoms with E-state index in [1.54, 1.807) is 0 Å². The predicted octanol–water partition coefficient (Wildman–Crippen LogP) is 6.29. The maximum absolute atomic E-state index is 13.0. The van der Waals surface area contributed by atoms with Crippen LogP contribution in [0.25, 0.3) is 0 Å². The van der Waals surface area contributed by atoms with Crippen LogP contribution in [0.1, 0.15) is 77.0 Å². The molecule has 4 rings (SSSR count). The third kappa shape index (κ3) is 7.74. The first-order valence-corrected chi connectivity index (χ1v) is 14.8. The first-order valence-electron chi connectivity index (χ1n) is 13.6. The number of carbonyl (C=O) groups excluding carboxylic acids is 1. The van der Waals surface area contributed by atoms with E-state index >= 15 is 0 Å². The third-order valence-corrected chi connectivity index (χ3v) is 9.92. The first-order chi connectivity index (χ1) is 16.8. The molecule has 0 aromatic carbocycles. The van der Waals surface area contributed by atoms with E-state index in [-0.39, 0.29) is 34.5 Å². The minimum atomic E-state index is -0.691. The molecule has 4 nitrogen and oxygen atoms in total. The summed E-state index contributed by atoms with van der Waals surface area (Å²) in [4.78, 5) is 15.5. The van der Waals surface area contributed by atoms with Gasteiger partial charge in [-0.1, -0.05) is 35.9 Å². The Labute approximate surface area is 226 Å². The summed E-state index contributed by atoms with van der Waals surface area (Å²) < 4.78 is 0. The van der Waals surface area contributed by atoms with Crippen molar-refractivity contribution in [3.05, 3.63) is 34.9 Å². The van der Waals surface area contributed by atoms with E-state index in [9.17, 15) is 9.90 Å². The molecule has 35 heavy (non-hydrogen) atoms. The number of nitrogens with zero attached hydrogens (tertiary/aromatic N) is 1. The number of nitrogens with one attached hydrogen (secondary N) is 1. The Bertz CT molecular complexity index is 811. The Hall–Kier alpha value is -0.520. The van der Waals surface area contributed by atoms with Crippen molar-refractivity contribution < 1.29 is 9.90 Å². The molecule has 4 aliphatic rings. The number of piperidine rings is 1. The molecule has 1 saturated carbocycles. The molecule has 2 fully saturated rings. The summed E-state index contributed by atoms with van der Waals surface area (Å²) in [6.07, 6.45) is 19.4. The van der Waals surface area contributed by atoms with Crippen molar-refractivity contribution in [1.29, 1.82) is 0 Å². The molecule has 3 aliphatic carbocycles. The number of amides is 1. The van der Waals surface area contributed by atoms with Crippen molar-refractivity contribution in [3.63, 3.8) is 0 Å². The fourth-order valence-corrected chi connectivity index (χ4v) is 6.89. The summed E-state index contributed by atoms with van der Waals surface area (Å²) in [7, 11) is 0. The molecule has 196 valence electrons. The second-order valence-corrected chi connectivity index (χ2v) is 12.6. The van der Waals surface area contributed by atoms with E-state index < -0.39 is 5.60 Å². The lowest BCUT2D eigenvalue weighted by atomic mass is 9.79. The predicted molar refractivity (Wildman–Crippen MR) is 146 cm³/mol.